The highest BCUT2D eigenvalue weighted by Crippen LogP contribution is 2.43. The van der Waals surface area contributed by atoms with Gasteiger partial charge in [0.2, 0.25) is 0 Å². The minimum atomic E-state index is -4.65. The van der Waals surface area contributed by atoms with Crippen LogP contribution in [-0.4, -0.2) is 77.9 Å². The lowest BCUT2D eigenvalue weighted by molar-refractivity contribution is -0.161. The van der Waals surface area contributed by atoms with E-state index in [4.69, 9.17) is 23.8 Å². The van der Waals surface area contributed by atoms with Gasteiger partial charge in [-0.3, -0.25) is 18.6 Å². The lowest BCUT2D eigenvalue weighted by Crippen LogP contribution is -2.29. The van der Waals surface area contributed by atoms with Gasteiger partial charge in [0.15, 0.2) is 6.10 Å². The van der Waals surface area contributed by atoms with E-state index in [1.54, 1.807) is 0 Å². The molecule has 58 heavy (non-hydrogen) atoms. The van der Waals surface area contributed by atoms with Gasteiger partial charge in [-0.15, -0.1) is 0 Å². The van der Waals surface area contributed by atoms with E-state index >= 15 is 0 Å². The summed E-state index contributed by atoms with van der Waals surface area (Å²) in [6.45, 7) is 2.01. The molecule has 0 aromatic rings. The van der Waals surface area contributed by atoms with Crippen LogP contribution < -0.4 is 0 Å². The Morgan fingerprint density at radius 3 is 1.69 bits per heavy atom. The topological polar surface area (TPSA) is 161 Å². The largest absolute Gasteiger partial charge is 0.472 e. The number of hydrogen-bond donors (Lipinski definition) is 3. The van der Waals surface area contributed by atoms with Crippen molar-refractivity contribution in [3.05, 3.63) is 97.2 Å². The number of phosphoric ester groups is 1. The number of allylic oxidation sites excluding steroid dienone is 14. The van der Waals surface area contributed by atoms with Crippen LogP contribution in [0.15, 0.2) is 97.2 Å². The fraction of sp³-hybridized carbons (Fsp3) is 0.609. The van der Waals surface area contributed by atoms with Gasteiger partial charge in [-0.1, -0.05) is 130 Å². The van der Waals surface area contributed by atoms with Crippen molar-refractivity contribution >= 4 is 19.8 Å². The first kappa shape index (κ1) is 52.9. The third-order valence-corrected chi connectivity index (χ3v) is 9.60. The molecule has 0 saturated carbocycles. The molecule has 0 radical (unpaired) electrons. The van der Waals surface area contributed by atoms with Crippen LogP contribution in [0.4, 0.5) is 0 Å². The third kappa shape index (κ3) is 33.8. The zero-order valence-electron chi connectivity index (χ0n) is 35.2. The molecule has 0 aliphatic carbocycles. The zero-order valence-corrected chi connectivity index (χ0v) is 36.1. The fourth-order valence-electron chi connectivity index (χ4n) is 5.31. The molecular weight excluding hydrogens is 759 g/mol. The van der Waals surface area contributed by atoms with E-state index in [1.165, 1.54) is 0 Å². The average molecular weight is 833 g/mol. The molecule has 3 unspecified atom stereocenters. The monoisotopic (exact) mass is 832 g/mol. The second-order valence-corrected chi connectivity index (χ2v) is 15.4. The molecule has 1 aliphatic rings. The summed E-state index contributed by atoms with van der Waals surface area (Å²) >= 11 is 0. The van der Waals surface area contributed by atoms with E-state index in [2.05, 4.69) is 103 Å². The van der Waals surface area contributed by atoms with Gasteiger partial charge in [0, 0.05) is 12.8 Å². The smallest absolute Gasteiger partial charge is 0.462 e. The molecule has 5 atom stereocenters. The number of phosphoric acid groups is 1. The number of epoxide rings is 1. The van der Waals surface area contributed by atoms with Gasteiger partial charge in [0.05, 0.1) is 32.0 Å². The van der Waals surface area contributed by atoms with Crippen molar-refractivity contribution in [2.24, 2.45) is 0 Å². The van der Waals surface area contributed by atoms with Crippen LogP contribution in [0.1, 0.15) is 129 Å². The first-order valence-electron chi connectivity index (χ1n) is 21.3. The first-order chi connectivity index (χ1) is 28.2. The van der Waals surface area contributed by atoms with Crippen LogP contribution in [0.5, 0.6) is 0 Å². The van der Waals surface area contributed by atoms with Crippen LogP contribution in [0.3, 0.4) is 0 Å². The summed E-state index contributed by atoms with van der Waals surface area (Å²) in [5.74, 6) is -1.06. The van der Waals surface area contributed by atoms with Crippen LogP contribution in [0, 0.1) is 0 Å². The van der Waals surface area contributed by atoms with E-state index in [-0.39, 0.29) is 19.4 Å². The number of carbonyl (C=O) groups is 2. The number of carbonyl (C=O) groups excluding carboxylic acids is 2. The van der Waals surface area contributed by atoms with E-state index in [9.17, 15) is 24.2 Å². The van der Waals surface area contributed by atoms with Crippen molar-refractivity contribution in [3.8, 4) is 0 Å². The van der Waals surface area contributed by atoms with Crippen molar-refractivity contribution in [2.45, 2.75) is 154 Å². The van der Waals surface area contributed by atoms with Crippen molar-refractivity contribution in [1.29, 1.82) is 0 Å². The number of aliphatic hydroxyl groups excluding tert-OH is 2. The zero-order chi connectivity index (χ0) is 42.4. The van der Waals surface area contributed by atoms with Gasteiger partial charge in [0.1, 0.15) is 12.7 Å². The molecule has 0 amide bonds. The molecule has 12 heteroatoms. The number of esters is 2. The lowest BCUT2D eigenvalue weighted by atomic mass is 10.1. The highest BCUT2D eigenvalue weighted by Gasteiger charge is 2.36. The quantitative estimate of drug-likeness (QED) is 0.0180. The van der Waals surface area contributed by atoms with Crippen LogP contribution in [0.25, 0.3) is 0 Å². The maximum Gasteiger partial charge on any atom is 0.472 e. The molecular formula is C46H73O11P. The van der Waals surface area contributed by atoms with Crippen molar-refractivity contribution in [3.63, 3.8) is 0 Å². The SMILES string of the molecule is CC/C=C\C/C=C\C/C=C\CCCCCCCC(=O)OC[C@H](COP(=O)(O)OC[C@@H](O)CO)OC(=O)CC/C=C\C/C=C\C/C=C\C/C=C\CC1OC1C/C=C\CC. The maximum atomic E-state index is 12.6. The fourth-order valence-corrected chi connectivity index (χ4v) is 6.10. The molecule has 1 saturated heterocycles. The molecule has 1 aliphatic heterocycles. The van der Waals surface area contributed by atoms with Crippen LogP contribution >= 0.6 is 7.82 Å². The minimum Gasteiger partial charge on any atom is -0.462 e. The van der Waals surface area contributed by atoms with E-state index in [0.29, 0.717) is 25.0 Å². The second kappa shape index (κ2) is 36.9. The van der Waals surface area contributed by atoms with Crippen molar-refractivity contribution < 1.29 is 52.5 Å². The second-order valence-electron chi connectivity index (χ2n) is 14.0. The summed E-state index contributed by atoms with van der Waals surface area (Å²) in [6, 6.07) is 0. The van der Waals surface area contributed by atoms with Gasteiger partial charge in [-0.05, 0) is 83.5 Å². The number of aliphatic hydroxyl groups is 2. The normalized spacial score (nSPS) is 18.3. The van der Waals surface area contributed by atoms with E-state index in [0.717, 1.165) is 89.9 Å². The Kier molecular flexibility index (Phi) is 33.6. The van der Waals surface area contributed by atoms with Crippen LogP contribution in [-0.2, 0) is 37.4 Å². The molecule has 0 spiro atoms. The van der Waals surface area contributed by atoms with Crippen LogP contribution in [0.2, 0.25) is 0 Å². The summed E-state index contributed by atoms with van der Waals surface area (Å²) in [4.78, 5) is 35.0. The molecule has 0 aromatic carbocycles. The molecule has 328 valence electrons. The predicted molar refractivity (Wildman–Crippen MR) is 232 cm³/mol. The predicted octanol–water partition coefficient (Wildman–Crippen LogP) is 10.2. The Bertz CT molecular complexity index is 1350. The molecule has 1 fully saturated rings. The number of unbranched alkanes of at least 4 members (excludes halogenated alkanes) is 5. The standard InChI is InChI=1S/C46H73O11P/c1-3-5-7-8-9-10-11-12-13-14-18-21-24-27-31-35-45(49)53-39-42(40-55-58(51,52)54-38-41(48)37-47)56-46(50)36-32-28-25-22-19-16-15-17-20-23-26-30-34-44-43(57-44)33-29-6-4-2/h5-7,9-10,12-13,16-17,19-20,25-26,28-30,41-44,47-48H,3-4,8,11,14-15,18,21-24,27,31-40H2,1-2H3,(H,51,52)/b7-5-,10-9-,13-12-,19-16-,20-17-,28-25-,29-6-,30-26-/t41-,42+,43?,44?/m0/s1. The van der Waals surface area contributed by atoms with E-state index in [1.807, 2.05) is 12.2 Å². The molecule has 1 heterocycles. The van der Waals surface area contributed by atoms with Gasteiger partial charge >= 0.3 is 19.8 Å². The number of ether oxygens (including phenoxy) is 3. The highest BCUT2D eigenvalue weighted by atomic mass is 31.2. The molecule has 3 N–H and O–H groups in total. The van der Waals surface area contributed by atoms with Gasteiger partial charge < -0.3 is 29.3 Å². The molecule has 0 aromatic heterocycles. The Labute approximate surface area is 348 Å². The number of rotatable bonds is 37. The summed E-state index contributed by atoms with van der Waals surface area (Å²) in [6.07, 6.45) is 47.1. The Hall–Kier alpha value is -3.15. The van der Waals surface area contributed by atoms with Gasteiger partial charge in [-0.2, -0.15) is 0 Å². The first-order valence-corrected chi connectivity index (χ1v) is 22.8. The summed E-state index contributed by atoms with van der Waals surface area (Å²) in [5.41, 5.74) is 0. The lowest BCUT2D eigenvalue weighted by Gasteiger charge is -2.20. The van der Waals surface area contributed by atoms with E-state index < -0.39 is 51.8 Å². The minimum absolute atomic E-state index is 0.0457. The summed E-state index contributed by atoms with van der Waals surface area (Å²) in [7, 11) is -4.65. The Balaban J connectivity index is 2.33. The molecule has 11 nitrogen and oxygen atoms in total. The number of hydrogen-bond acceptors (Lipinski definition) is 10. The maximum absolute atomic E-state index is 12.6. The Morgan fingerprint density at radius 1 is 0.603 bits per heavy atom. The highest BCUT2D eigenvalue weighted by molar-refractivity contribution is 7.47. The third-order valence-electron chi connectivity index (χ3n) is 8.65. The van der Waals surface area contributed by atoms with Gasteiger partial charge in [0.25, 0.3) is 0 Å². The molecule has 0 bridgehead atoms. The average Bonchev–Trinajstić information content (AvgIpc) is 3.97. The summed E-state index contributed by atoms with van der Waals surface area (Å²) < 4.78 is 38.3. The Morgan fingerprint density at radius 2 is 1.09 bits per heavy atom. The summed E-state index contributed by atoms with van der Waals surface area (Å²) in [5, 5.41) is 18.3. The van der Waals surface area contributed by atoms with Crippen molar-refractivity contribution in [1.82, 2.24) is 0 Å². The van der Waals surface area contributed by atoms with Gasteiger partial charge in [-0.25, -0.2) is 4.57 Å². The molecule has 1 rings (SSSR count). The van der Waals surface area contributed by atoms with Crippen molar-refractivity contribution in [2.75, 3.05) is 26.4 Å².